The smallest absolute Gasteiger partial charge is 0.336 e. The van der Waals surface area contributed by atoms with Gasteiger partial charge in [-0.3, -0.25) is 15.0 Å². The number of nitro groups is 1. The molecule has 0 saturated heterocycles. The molecular formula is C26H34ClN3O8. The van der Waals surface area contributed by atoms with Crippen LogP contribution in [0.5, 0.6) is 0 Å². The summed E-state index contributed by atoms with van der Waals surface area (Å²) in [5.74, 6) is -2.11. The largest absolute Gasteiger partial charge is 0.466 e. The number of nitro benzene ring substituents is 1. The molecule has 0 radical (unpaired) electrons. The zero-order valence-electron chi connectivity index (χ0n) is 21.6. The Morgan fingerprint density at radius 1 is 1.00 bits per heavy atom. The lowest BCUT2D eigenvalue weighted by molar-refractivity contribution is -0.384. The number of allylic oxidation sites excluding steroid dienone is 2. The summed E-state index contributed by atoms with van der Waals surface area (Å²) in [6.45, 7) is 4.74. The molecule has 0 saturated carbocycles. The molecule has 3 rings (SSSR count). The molecule has 1 atom stereocenters. The van der Waals surface area contributed by atoms with Crippen molar-refractivity contribution in [3.8, 4) is 0 Å². The molecule has 1 unspecified atom stereocenters. The lowest BCUT2D eigenvalue weighted by Crippen LogP contribution is -2.33. The molecule has 208 valence electrons. The molecule has 0 amide bonds. The second-order valence-corrected chi connectivity index (χ2v) is 8.34. The average Bonchev–Trinajstić information content (AvgIpc) is 2.83. The number of benzene rings is 2. The number of hydrogen-bond acceptors (Lipinski definition) is 8. The minimum Gasteiger partial charge on any atom is -0.466 e. The number of carbonyl (C=O) groups is 2. The highest BCUT2D eigenvalue weighted by molar-refractivity contribution is 5.99. The summed E-state index contributed by atoms with van der Waals surface area (Å²) in [6.07, 6.45) is 0. The summed E-state index contributed by atoms with van der Waals surface area (Å²) in [5.41, 5.74) is 2.85. The Labute approximate surface area is 227 Å². The zero-order chi connectivity index (χ0) is 25.5. The maximum Gasteiger partial charge on any atom is 0.336 e. The summed E-state index contributed by atoms with van der Waals surface area (Å²) in [6, 6.07) is 15.8. The molecule has 1 aliphatic rings. The van der Waals surface area contributed by atoms with Crippen LogP contribution >= 0.6 is 12.4 Å². The predicted octanol–water partition coefficient (Wildman–Crippen LogP) is 2.45. The second-order valence-electron chi connectivity index (χ2n) is 8.34. The maximum atomic E-state index is 13.3. The van der Waals surface area contributed by atoms with Crippen LogP contribution in [0, 0.1) is 10.1 Å². The lowest BCUT2D eigenvalue weighted by Gasteiger charge is -2.30. The van der Waals surface area contributed by atoms with Gasteiger partial charge in [-0.1, -0.05) is 42.5 Å². The molecule has 0 fully saturated rings. The fourth-order valence-electron chi connectivity index (χ4n) is 4.14. The Morgan fingerprint density at radius 3 is 2.18 bits per heavy atom. The summed E-state index contributed by atoms with van der Waals surface area (Å²) in [4.78, 5) is 38.8. The van der Waals surface area contributed by atoms with Crippen LogP contribution in [0.25, 0.3) is 0 Å². The molecule has 1 heterocycles. The molecule has 38 heavy (non-hydrogen) atoms. The first-order valence-corrected chi connectivity index (χ1v) is 11.1. The molecule has 5 N–H and O–H groups in total. The van der Waals surface area contributed by atoms with Crippen molar-refractivity contribution < 1.29 is 34.9 Å². The third-order valence-electron chi connectivity index (χ3n) is 5.80. The number of hydrogen-bond donors (Lipinski definition) is 1. The van der Waals surface area contributed by atoms with E-state index in [1.165, 1.54) is 25.3 Å². The number of halogens is 1. The van der Waals surface area contributed by atoms with Crippen molar-refractivity contribution in [1.29, 1.82) is 0 Å². The number of non-ortho nitro benzene ring substituents is 1. The van der Waals surface area contributed by atoms with Gasteiger partial charge in [-0.25, -0.2) is 9.59 Å². The number of carbonyl (C=O) groups excluding carboxylic acids is 2. The SMILES string of the molecule is COC(=O)C1=C(C)NC(C)=C(C(=O)OCCN(C)Cc2ccccc2)C1c1cccc([N+](=O)[O-])c1.Cl.O.O. The van der Waals surface area contributed by atoms with E-state index in [4.69, 9.17) is 9.47 Å². The maximum absolute atomic E-state index is 13.3. The first kappa shape index (κ1) is 34.2. The molecule has 0 aromatic heterocycles. The van der Waals surface area contributed by atoms with Crippen LogP contribution in [0.1, 0.15) is 30.9 Å². The van der Waals surface area contributed by atoms with Gasteiger partial charge in [0, 0.05) is 36.6 Å². The standard InChI is InChI=1S/C26H29N3O6.ClH.2H2O/c1-17-22(25(30)34-4)24(20-11-8-12-21(15-20)29(32)33)23(18(2)27-17)26(31)35-14-13-28(3)16-19-9-6-5-7-10-19;;;/h5-12,15,24,27H,13-14,16H2,1-4H3;1H;2*1H2. The van der Waals surface area contributed by atoms with Crippen LogP contribution in [0.2, 0.25) is 0 Å². The number of nitrogens with zero attached hydrogens (tertiary/aromatic N) is 2. The first-order valence-electron chi connectivity index (χ1n) is 11.1. The van der Waals surface area contributed by atoms with Gasteiger partial charge in [0.1, 0.15) is 6.61 Å². The van der Waals surface area contributed by atoms with Gasteiger partial charge >= 0.3 is 11.9 Å². The Bertz CT molecular complexity index is 1180. The molecule has 0 aliphatic carbocycles. The number of nitrogens with one attached hydrogen (secondary N) is 1. The number of likely N-dealkylation sites (N-methyl/N-ethyl adjacent to an activating group) is 1. The van der Waals surface area contributed by atoms with E-state index in [9.17, 15) is 19.7 Å². The number of rotatable bonds is 9. The molecule has 11 nitrogen and oxygen atoms in total. The highest BCUT2D eigenvalue weighted by atomic mass is 35.5. The van der Waals surface area contributed by atoms with Crippen LogP contribution in [0.15, 0.2) is 77.1 Å². The minimum absolute atomic E-state index is 0. The number of dihydropyridines is 1. The van der Waals surface area contributed by atoms with E-state index < -0.39 is 22.8 Å². The van der Waals surface area contributed by atoms with Crippen molar-refractivity contribution in [3.05, 3.63) is 98.4 Å². The Hall–Kier alpha value is -3.77. The van der Waals surface area contributed by atoms with Crippen molar-refractivity contribution in [2.75, 3.05) is 27.3 Å². The zero-order valence-corrected chi connectivity index (χ0v) is 22.5. The average molecular weight is 552 g/mol. The number of methoxy groups -OCH3 is 1. The molecule has 1 aliphatic heterocycles. The molecule has 2 aromatic rings. The van der Waals surface area contributed by atoms with E-state index in [1.54, 1.807) is 19.9 Å². The summed E-state index contributed by atoms with van der Waals surface area (Å²) < 4.78 is 10.6. The summed E-state index contributed by atoms with van der Waals surface area (Å²) in [7, 11) is 3.18. The van der Waals surface area contributed by atoms with E-state index >= 15 is 0 Å². The van der Waals surface area contributed by atoms with Crippen LogP contribution in [0.3, 0.4) is 0 Å². The predicted molar refractivity (Wildman–Crippen MR) is 145 cm³/mol. The highest BCUT2D eigenvalue weighted by Gasteiger charge is 2.38. The molecule has 12 heteroatoms. The van der Waals surface area contributed by atoms with Gasteiger partial charge in [0.25, 0.3) is 5.69 Å². The minimum atomic E-state index is -0.877. The summed E-state index contributed by atoms with van der Waals surface area (Å²) >= 11 is 0. The summed E-state index contributed by atoms with van der Waals surface area (Å²) in [5, 5.41) is 14.4. The first-order chi connectivity index (χ1) is 16.7. The van der Waals surface area contributed by atoms with Crippen molar-refractivity contribution in [3.63, 3.8) is 0 Å². The van der Waals surface area contributed by atoms with Crippen molar-refractivity contribution in [1.82, 2.24) is 10.2 Å². The normalized spacial score (nSPS) is 14.4. The van der Waals surface area contributed by atoms with Gasteiger partial charge in [-0.15, -0.1) is 12.4 Å². The fourth-order valence-corrected chi connectivity index (χ4v) is 4.14. The number of ether oxygens (including phenoxy) is 2. The topological polar surface area (TPSA) is 174 Å². The van der Waals surface area contributed by atoms with Crippen LogP contribution in [-0.2, 0) is 25.6 Å². The Kier molecular flexibility index (Phi) is 13.9. The van der Waals surface area contributed by atoms with Crippen LogP contribution < -0.4 is 5.32 Å². The lowest BCUT2D eigenvalue weighted by atomic mass is 9.80. The van der Waals surface area contributed by atoms with Crippen LogP contribution in [-0.4, -0.2) is 60.0 Å². The Morgan fingerprint density at radius 2 is 1.61 bits per heavy atom. The quantitative estimate of drug-likeness (QED) is 0.281. The van der Waals surface area contributed by atoms with E-state index in [2.05, 4.69) is 5.32 Å². The van der Waals surface area contributed by atoms with Crippen LogP contribution in [0.4, 0.5) is 5.69 Å². The molecule has 0 bridgehead atoms. The van der Waals surface area contributed by atoms with Gasteiger partial charge < -0.3 is 25.7 Å². The van der Waals surface area contributed by atoms with Gasteiger partial charge in [0.15, 0.2) is 0 Å². The highest BCUT2D eigenvalue weighted by Crippen LogP contribution is 2.40. The van der Waals surface area contributed by atoms with E-state index in [0.29, 0.717) is 30.0 Å². The number of esters is 2. The van der Waals surface area contributed by atoms with E-state index in [1.807, 2.05) is 42.3 Å². The molecular weight excluding hydrogens is 518 g/mol. The Balaban J connectivity index is 0.00000456. The van der Waals surface area contributed by atoms with Crippen molar-refractivity contribution >= 4 is 30.0 Å². The molecule has 0 spiro atoms. The van der Waals surface area contributed by atoms with Gasteiger partial charge in [0.2, 0.25) is 0 Å². The monoisotopic (exact) mass is 551 g/mol. The van der Waals surface area contributed by atoms with E-state index in [-0.39, 0.29) is 46.8 Å². The van der Waals surface area contributed by atoms with Crippen molar-refractivity contribution in [2.45, 2.75) is 26.3 Å². The van der Waals surface area contributed by atoms with E-state index in [0.717, 1.165) is 5.56 Å². The van der Waals surface area contributed by atoms with Gasteiger partial charge in [0.05, 0.1) is 29.1 Å². The molecule has 2 aromatic carbocycles. The third-order valence-corrected chi connectivity index (χ3v) is 5.80. The second kappa shape index (κ2) is 15.5. The van der Waals surface area contributed by atoms with Crippen molar-refractivity contribution in [2.24, 2.45) is 0 Å². The fraction of sp³-hybridized carbons (Fsp3) is 0.308. The van der Waals surface area contributed by atoms with Gasteiger partial charge in [-0.2, -0.15) is 0 Å². The van der Waals surface area contributed by atoms with Gasteiger partial charge in [-0.05, 0) is 32.0 Å². The third kappa shape index (κ3) is 8.12.